The molecular weight excluding hydrogens is 418 g/mol. The van der Waals surface area contributed by atoms with Crippen LogP contribution < -0.4 is 5.32 Å². The van der Waals surface area contributed by atoms with Crippen molar-refractivity contribution in [3.8, 4) is 0 Å². The van der Waals surface area contributed by atoms with Crippen LogP contribution in [0.4, 0.5) is 5.13 Å². The van der Waals surface area contributed by atoms with Gasteiger partial charge < -0.3 is 5.32 Å². The second-order valence-corrected chi connectivity index (χ2v) is 10.1. The van der Waals surface area contributed by atoms with E-state index in [2.05, 4.69) is 10.3 Å². The van der Waals surface area contributed by atoms with Gasteiger partial charge in [0.2, 0.25) is 15.9 Å². The van der Waals surface area contributed by atoms with E-state index in [1.807, 2.05) is 25.1 Å². The summed E-state index contributed by atoms with van der Waals surface area (Å²) in [6.45, 7) is 2.30. The maximum Gasteiger partial charge on any atom is 0.244 e. The zero-order valence-electron chi connectivity index (χ0n) is 15.1. The molecule has 0 radical (unpaired) electrons. The van der Waals surface area contributed by atoms with Gasteiger partial charge in [0.1, 0.15) is 6.04 Å². The van der Waals surface area contributed by atoms with Gasteiger partial charge in [-0.3, -0.25) is 4.79 Å². The summed E-state index contributed by atoms with van der Waals surface area (Å²) >= 11 is 7.24. The number of thiazole rings is 1. The van der Waals surface area contributed by atoms with Crippen molar-refractivity contribution in [2.45, 2.75) is 30.7 Å². The van der Waals surface area contributed by atoms with Crippen LogP contribution in [-0.4, -0.2) is 36.2 Å². The van der Waals surface area contributed by atoms with Gasteiger partial charge in [-0.2, -0.15) is 4.31 Å². The summed E-state index contributed by atoms with van der Waals surface area (Å²) in [6.07, 6.45) is 1.10. The molecule has 28 heavy (non-hydrogen) atoms. The topological polar surface area (TPSA) is 79.4 Å². The summed E-state index contributed by atoms with van der Waals surface area (Å²) in [7, 11) is -3.78. The molecule has 4 rings (SSSR count). The summed E-state index contributed by atoms with van der Waals surface area (Å²) in [5, 5.41) is 3.73. The molecular formula is C19H18ClN3O3S2. The van der Waals surface area contributed by atoms with Crippen LogP contribution in [-0.2, 0) is 14.8 Å². The van der Waals surface area contributed by atoms with Gasteiger partial charge in [-0.25, -0.2) is 13.4 Å². The van der Waals surface area contributed by atoms with Crippen molar-refractivity contribution in [2.75, 3.05) is 11.9 Å². The van der Waals surface area contributed by atoms with Crippen molar-refractivity contribution in [2.24, 2.45) is 0 Å². The van der Waals surface area contributed by atoms with Crippen molar-refractivity contribution in [1.82, 2.24) is 9.29 Å². The number of hydrogen-bond donors (Lipinski definition) is 1. The number of carbonyl (C=O) groups is 1. The lowest BCUT2D eigenvalue weighted by molar-refractivity contribution is -0.119. The van der Waals surface area contributed by atoms with Crippen molar-refractivity contribution in [3.63, 3.8) is 0 Å². The van der Waals surface area contributed by atoms with Crippen molar-refractivity contribution in [3.05, 3.63) is 53.1 Å². The highest BCUT2D eigenvalue weighted by Gasteiger charge is 2.39. The number of fused-ring (bicyclic) bond motifs is 1. The fourth-order valence-corrected chi connectivity index (χ4v) is 6.06. The Hall–Kier alpha value is -2.00. The second-order valence-electron chi connectivity index (χ2n) is 6.71. The molecule has 0 spiro atoms. The first-order chi connectivity index (χ1) is 13.3. The Morgan fingerprint density at radius 1 is 1.25 bits per heavy atom. The Morgan fingerprint density at radius 2 is 2.00 bits per heavy atom. The number of benzene rings is 2. The average molecular weight is 436 g/mol. The van der Waals surface area contributed by atoms with E-state index in [1.54, 1.807) is 0 Å². The van der Waals surface area contributed by atoms with Gasteiger partial charge in [-0.05, 0) is 61.7 Å². The molecule has 1 amide bonds. The maximum absolute atomic E-state index is 13.0. The highest BCUT2D eigenvalue weighted by Crippen LogP contribution is 2.30. The largest absolute Gasteiger partial charge is 0.301 e. The van der Waals surface area contributed by atoms with E-state index in [1.165, 1.54) is 39.9 Å². The molecule has 2 heterocycles. The number of carbonyl (C=O) groups excluding carboxylic acids is 1. The van der Waals surface area contributed by atoms with Crippen molar-refractivity contribution in [1.29, 1.82) is 0 Å². The van der Waals surface area contributed by atoms with E-state index < -0.39 is 16.1 Å². The minimum Gasteiger partial charge on any atom is -0.301 e. The molecule has 1 aliphatic heterocycles. The molecule has 1 aliphatic rings. The van der Waals surface area contributed by atoms with Crippen LogP contribution in [0, 0.1) is 6.92 Å². The van der Waals surface area contributed by atoms with Gasteiger partial charge in [0.15, 0.2) is 5.13 Å². The number of hydrogen-bond acceptors (Lipinski definition) is 5. The van der Waals surface area contributed by atoms with Crippen LogP contribution in [0.5, 0.6) is 0 Å². The third kappa shape index (κ3) is 3.65. The third-order valence-corrected chi connectivity index (χ3v) is 7.81. The van der Waals surface area contributed by atoms with E-state index >= 15 is 0 Å². The first-order valence-electron chi connectivity index (χ1n) is 8.80. The van der Waals surface area contributed by atoms with E-state index in [-0.39, 0.29) is 10.8 Å². The molecule has 1 unspecified atom stereocenters. The molecule has 6 nitrogen and oxygen atoms in total. The Labute approximate surface area is 172 Å². The quantitative estimate of drug-likeness (QED) is 0.670. The molecule has 1 saturated heterocycles. The van der Waals surface area contributed by atoms with Crippen molar-refractivity contribution >= 4 is 54.2 Å². The SMILES string of the molecule is Cc1ccc2nc(NC(=O)C3CCCN3S(=O)(=O)c3ccc(Cl)cc3)sc2c1. The molecule has 1 N–H and O–H groups in total. The number of anilines is 1. The fraction of sp³-hybridized carbons (Fsp3) is 0.263. The number of rotatable bonds is 4. The lowest BCUT2D eigenvalue weighted by Crippen LogP contribution is -2.43. The number of aromatic nitrogens is 1. The van der Waals surface area contributed by atoms with Crippen LogP contribution in [0.15, 0.2) is 47.4 Å². The van der Waals surface area contributed by atoms with E-state index in [4.69, 9.17) is 11.6 Å². The Balaban J connectivity index is 1.56. The van der Waals surface area contributed by atoms with Gasteiger partial charge in [-0.15, -0.1) is 0 Å². The van der Waals surface area contributed by atoms with Gasteiger partial charge in [0.05, 0.1) is 15.1 Å². The van der Waals surface area contributed by atoms with Crippen LogP contribution in [0.3, 0.4) is 0 Å². The Morgan fingerprint density at radius 3 is 2.75 bits per heavy atom. The molecule has 3 aromatic rings. The van der Waals surface area contributed by atoms with Gasteiger partial charge in [0.25, 0.3) is 0 Å². The molecule has 1 aromatic heterocycles. The molecule has 9 heteroatoms. The molecule has 146 valence electrons. The Kier molecular flexibility index (Phi) is 5.13. The van der Waals surface area contributed by atoms with Crippen LogP contribution in [0.2, 0.25) is 5.02 Å². The predicted molar refractivity (Wildman–Crippen MR) is 111 cm³/mol. The normalized spacial score (nSPS) is 17.9. The average Bonchev–Trinajstić information content (AvgIpc) is 3.28. The number of nitrogens with zero attached hydrogens (tertiary/aromatic N) is 2. The van der Waals surface area contributed by atoms with Crippen LogP contribution in [0.25, 0.3) is 10.2 Å². The number of amides is 1. The van der Waals surface area contributed by atoms with E-state index in [9.17, 15) is 13.2 Å². The van der Waals surface area contributed by atoms with Crippen LogP contribution in [0.1, 0.15) is 18.4 Å². The fourth-order valence-electron chi connectivity index (χ4n) is 3.31. The Bertz CT molecular complexity index is 1140. The zero-order valence-corrected chi connectivity index (χ0v) is 17.4. The summed E-state index contributed by atoms with van der Waals surface area (Å²) in [5.74, 6) is -0.356. The molecule has 0 bridgehead atoms. The molecule has 0 saturated carbocycles. The predicted octanol–water partition coefficient (Wildman–Crippen LogP) is 4.05. The molecule has 2 aromatic carbocycles. The van der Waals surface area contributed by atoms with E-state index in [0.717, 1.165) is 15.8 Å². The maximum atomic E-state index is 13.0. The first-order valence-corrected chi connectivity index (χ1v) is 11.4. The summed E-state index contributed by atoms with van der Waals surface area (Å²) in [6, 6.07) is 11.1. The number of sulfonamides is 1. The minimum atomic E-state index is -3.78. The smallest absolute Gasteiger partial charge is 0.244 e. The van der Waals surface area contributed by atoms with Crippen molar-refractivity contribution < 1.29 is 13.2 Å². The second kappa shape index (κ2) is 7.44. The minimum absolute atomic E-state index is 0.132. The third-order valence-electron chi connectivity index (χ3n) is 4.70. The molecule has 0 aliphatic carbocycles. The molecule has 1 atom stereocenters. The zero-order chi connectivity index (χ0) is 19.9. The summed E-state index contributed by atoms with van der Waals surface area (Å²) < 4.78 is 28.2. The van der Waals surface area contributed by atoms with E-state index in [0.29, 0.717) is 29.5 Å². The molecule has 1 fully saturated rings. The van der Waals surface area contributed by atoms with Gasteiger partial charge >= 0.3 is 0 Å². The van der Waals surface area contributed by atoms with Gasteiger partial charge in [0, 0.05) is 11.6 Å². The number of halogens is 1. The summed E-state index contributed by atoms with van der Waals surface area (Å²) in [5.41, 5.74) is 1.92. The first kappa shape index (κ1) is 19.3. The monoisotopic (exact) mass is 435 g/mol. The lowest BCUT2D eigenvalue weighted by atomic mass is 10.2. The number of aryl methyl sites for hydroxylation is 1. The summed E-state index contributed by atoms with van der Waals surface area (Å²) in [4.78, 5) is 17.4. The van der Waals surface area contributed by atoms with Crippen LogP contribution >= 0.6 is 22.9 Å². The lowest BCUT2D eigenvalue weighted by Gasteiger charge is -2.23. The standard InChI is InChI=1S/C19H18ClN3O3S2/c1-12-4-9-15-17(11-12)27-19(21-15)22-18(24)16-3-2-10-23(16)28(25,26)14-7-5-13(20)6-8-14/h4-9,11,16H,2-3,10H2,1H3,(H,21,22,24). The highest BCUT2D eigenvalue weighted by atomic mass is 35.5. The highest BCUT2D eigenvalue weighted by molar-refractivity contribution is 7.89. The number of nitrogens with one attached hydrogen (secondary N) is 1. The van der Waals surface area contributed by atoms with Gasteiger partial charge in [-0.1, -0.05) is 29.0 Å².